The first-order valence-electron chi connectivity index (χ1n) is 22.7. The number of amides is 1. The Balaban J connectivity index is 3.74. The first-order chi connectivity index (χ1) is 28.8. The molecular weight excluding hydrogens is 762 g/mol. The van der Waals surface area contributed by atoms with Gasteiger partial charge in [0.05, 0.1) is 13.2 Å². The molecule has 0 aliphatic carbocycles. The number of phosphoric acid groups is 1. The summed E-state index contributed by atoms with van der Waals surface area (Å²) >= 11 is 0. The summed E-state index contributed by atoms with van der Waals surface area (Å²) in [4.78, 5) is 33.9. The van der Waals surface area contributed by atoms with Crippen LogP contribution >= 0.6 is 7.82 Å². The van der Waals surface area contributed by atoms with Gasteiger partial charge in [0.15, 0.2) is 0 Å². The molecule has 1 amide bonds. The molecule has 0 aliphatic heterocycles. The summed E-state index contributed by atoms with van der Waals surface area (Å²) in [6.45, 7) is 3.29. The highest BCUT2D eigenvalue weighted by Crippen LogP contribution is 2.42. The Morgan fingerprint density at radius 2 is 1.00 bits per heavy atom. The number of rotatable bonds is 41. The van der Waals surface area contributed by atoms with E-state index in [2.05, 4.69) is 98.2 Å². The second-order valence-electron chi connectivity index (χ2n) is 14.7. The SMILES string of the molecule is CC/C=C\C/C=C\C/C=C\C/C=C\C/C=C\C/C=C\C/C=C\CC(=O)NCCOP(=O)(O)OCC(O)COC(=O)CCCCCCCCC/C=C\CCCCCCCC. The number of phosphoric ester groups is 1. The molecule has 0 aromatic carbocycles. The van der Waals surface area contributed by atoms with Crippen LogP contribution in [0.3, 0.4) is 0 Å². The van der Waals surface area contributed by atoms with Crippen molar-refractivity contribution in [2.24, 2.45) is 0 Å². The Bertz CT molecular complexity index is 1280. The zero-order valence-corrected chi connectivity index (χ0v) is 37.8. The number of hydrogen-bond donors (Lipinski definition) is 3. The molecule has 0 bridgehead atoms. The number of esters is 1. The molecule has 0 aliphatic rings. The average molecular weight is 844 g/mol. The Hall–Kier alpha value is -3.07. The normalized spacial score (nSPS) is 14.2. The van der Waals surface area contributed by atoms with Crippen molar-refractivity contribution in [2.45, 2.75) is 174 Å². The molecule has 2 unspecified atom stereocenters. The molecule has 0 rings (SSSR count). The Morgan fingerprint density at radius 3 is 1.49 bits per heavy atom. The van der Waals surface area contributed by atoms with Gasteiger partial charge in [-0.25, -0.2) is 4.57 Å². The smallest absolute Gasteiger partial charge is 0.463 e. The Kier molecular flexibility index (Phi) is 42.2. The van der Waals surface area contributed by atoms with Gasteiger partial charge in [-0.1, -0.05) is 175 Å². The monoisotopic (exact) mass is 844 g/mol. The average Bonchev–Trinajstić information content (AvgIpc) is 3.22. The topological polar surface area (TPSA) is 131 Å². The number of aliphatic hydroxyl groups is 1. The zero-order valence-electron chi connectivity index (χ0n) is 36.9. The summed E-state index contributed by atoms with van der Waals surface area (Å²) in [7, 11) is -4.45. The molecular formula is C49H82NO8P. The lowest BCUT2D eigenvalue weighted by atomic mass is 10.1. The maximum absolute atomic E-state index is 12.1. The van der Waals surface area contributed by atoms with Gasteiger partial charge in [0, 0.05) is 19.4 Å². The van der Waals surface area contributed by atoms with Crippen molar-refractivity contribution in [2.75, 3.05) is 26.4 Å². The van der Waals surface area contributed by atoms with Crippen LogP contribution in [0.5, 0.6) is 0 Å². The highest BCUT2D eigenvalue weighted by Gasteiger charge is 2.23. The molecule has 0 fully saturated rings. The third-order valence-corrected chi connectivity index (χ3v) is 10.0. The fourth-order valence-electron chi connectivity index (χ4n) is 5.63. The van der Waals surface area contributed by atoms with E-state index in [0.29, 0.717) is 0 Å². The van der Waals surface area contributed by atoms with Gasteiger partial charge in [-0.2, -0.15) is 0 Å². The number of allylic oxidation sites excluding steroid dienone is 15. The lowest BCUT2D eigenvalue weighted by molar-refractivity contribution is -0.147. The minimum atomic E-state index is -4.45. The zero-order chi connectivity index (χ0) is 43.2. The van der Waals surface area contributed by atoms with Crippen LogP contribution in [0, 0.1) is 0 Å². The van der Waals surface area contributed by atoms with Crippen molar-refractivity contribution in [1.29, 1.82) is 0 Å². The van der Waals surface area contributed by atoms with Gasteiger partial charge in [0.2, 0.25) is 5.91 Å². The molecule has 10 heteroatoms. The van der Waals surface area contributed by atoms with E-state index in [9.17, 15) is 24.2 Å². The van der Waals surface area contributed by atoms with E-state index in [1.165, 1.54) is 64.2 Å². The summed E-state index contributed by atoms with van der Waals surface area (Å²) in [5, 5.41) is 12.6. The summed E-state index contributed by atoms with van der Waals surface area (Å²) < 4.78 is 26.8. The van der Waals surface area contributed by atoms with Crippen molar-refractivity contribution in [3.63, 3.8) is 0 Å². The quantitative estimate of drug-likeness (QED) is 0.0240. The van der Waals surface area contributed by atoms with Gasteiger partial charge in [-0.15, -0.1) is 0 Å². The lowest BCUT2D eigenvalue weighted by Crippen LogP contribution is -2.26. The van der Waals surface area contributed by atoms with Crippen molar-refractivity contribution in [3.8, 4) is 0 Å². The third kappa shape index (κ3) is 45.9. The molecule has 0 aromatic heterocycles. The maximum Gasteiger partial charge on any atom is 0.472 e. The molecule has 0 saturated carbocycles. The Labute approximate surface area is 359 Å². The van der Waals surface area contributed by atoms with Gasteiger partial charge in [0.1, 0.15) is 12.7 Å². The fraction of sp³-hybridized carbons (Fsp3) is 0.633. The number of unbranched alkanes of at least 4 members (excludes halogenated alkanes) is 13. The van der Waals surface area contributed by atoms with Crippen LogP contribution < -0.4 is 5.32 Å². The van der Waals surface area contributed by atoms with Crippen LogP contribution in [-0.2, 0) is 27.9 Å². The van der Waals surface area contributed by atoms with E-state index < -0.39 is 26.5 Å². The van der Waals surface area contributed by atoms with Gasteiger partial charge in [-0.05, 0) is 77.0 Å². The first kappa shape index (κ1) is 55.9. The van der Waals surface area contributed by atoms with Crippen molar-refractivity contribution in [1.82, 2.24) is 5.32 Å². The number of nitrogens with one attached hydrogen (secondary N) is 1. The van der Waals surface area contributed by atoms with E-state index in [1.54, 1.807) is 6.08 Å². The molecule has 9 nitrogen and oxygen atoms in total. The van der Waals surface area contributed by atoms with Gasteiger partial charge >= 0.3 is 13.8 Å². The molecule has 2 atom stereocenters. The molecule has 336 valence electrons. The van der Waals surface area contributed by atoms with Crippen LogP contribution in [-0.4, -0.2) is 54.3 Å². The minimum Gasteiger partial charge on any atom is -0.463 e. The largest absolute Gasteiger partial charge is 0.472 e. The fourth-order valence-corrected chi connectivity index (χ4v) is 6.38. The number of aliphatic hydroxyl groups excluding tert-OH is 1. The van der Waals surface area contributed by atoms with Crippen LogP contribution in [0.2, 0.25) is 0 Å². The van der Waals surface area contributed by atoms with Crippen LogP contribution in [0.4, 0.5) is 0 Å². The second kappa shape index (κ2) is 44.5. The molecule has 0 spiro atoms. The molecule has 0 aromatic rings. The standard InChI is InChI=1S/C49H82NO8P/c1-3-5-7-9-11-13-15-17-19-21-22-23-24-26-27-29-31-33-35-37-39-41-48(52)50-43-44-57-59(54,55)58-46-47(51)45-56-49(53)42-40-38-36-34-32-30-28-25-20-18-16-14-12-10-8-6-4-2/h5,7,11,13,17-20,22-23,26-27,31,33,37,39,47,51H,3-4,6,8-10,12,14-16,21,24-25,28-30,32,34-36,38,40-46H2,1-2H3,(H,50,52)(H,54,55)/b7-5-,13-11-,19-17-,20-18-,23-22-,27-26-,33-31-,39-37-. The second-order valence-corrected chi connectivity index (χ2v) is 16.1. The summed E-state index contributed by atoms with van der Waals surface area (Å²) in [5.74, 6) is -0.661. The Morgan fingerprint density at radius 1 is 0.559 bits per heavy atom. The number of carbonyl (C=O) groups is 2. The number of carbonyl (C=O) groups excluding carboxylic acids is 2. The van der Waals surface area contributed by atoms with Crippen LogP contribution in [0.15, 0.2) is 97.2 Å². The summed E-state index contributed by atoms with van der Waals surface area (Å²) in [5.41, 5.74) is 0. The predicted molar refractivity (Wildman–Crippen MR) is 247 cm³/mol. The van der Waals surface area contributed by atoms with Crippen molar-refractivity contribution < 1.29 is 37.9 Å². The highest BCUT2D eigenvalue weighted by atomic mass is 31.2. The first-order valence-corrected chi connectivity index (χ1v) is 24.2. The van der Waals surface area contributed by atoms with Crippen molar-refractivity contribution >= 4 is 19.7 Å². The third-order valence-electron chi connectivity index (χ3n) is 9.03. The van der Waals surface area contributed by atoms with Gasteiger partial charge in [0.25, 0.3) is 0 Å². The van der Waals surface area contributed by atoms with E-state index in [-0.39, 0.29) is 38.5 Å². The predicted octanol–water partition coefficient (Wildman–Crippen LogP) is 13.0. The minimum absolute atomic E-state index is 0.0187. The highest BCUT2D eigenvalue weighted by molar-refractivity contribution is 7.47. The van der Waals surface area contributed by atoms with E-state index >= 15 is 0 Å². The van der Waals surface area contributed by atoms with E-state index in [1.807, 2.05) is 12.2 Å². The summed E-state index contributed by atoms with van der Waals surface area (Å²) in [6.07, 6.45) is 57.9. The molecule has 3 N–H and O–H groups in total. The van der Waals surface area contributed by atoms with E-state index in [0.717, 1.165) is 77.0 Å². The number of ether oxygens (including phenoxy) is 1. The van der Waals surface area contributed by atoms with Gasteiger partial charge in [-0.3, -0.25) is 18.6 Å². The van der Waals surface area contributed by atoms with Crippen LogP contribution in [0.1, 0.15) is 168 Å². The maximum atomic E-state index is 12.1. The molecule has 0 heterocycles. The van der Waals surface area contributed by atoms with Crippen LogP contribution in [0.25, 0.3) is 0 Å². The lowest BCUT2D eigenvalue weighted by Gasteiger charge is -2.15. The summed E-state index contributed by atoms with van der Waals surface area (Å²) in [6, 6.07) is 0. The van der Waals surface area contributed by atoms with E-state index in [4.69, 9.17) is 13.8 Å². The van der Waals surface area contributed by atoms with Crippen molar-refractivity contribution in [3.05, 3.63) is 97.2 Å². The molecule has 0 saturated heterocycles. The molecule has 0 radical (unpaired) electrons. The van der Waals surface area contributed by atoms with Gasteiger partial charge < -0.3 is 20.1 Å². The molecule has 59 heavy (non-hydrogen) atoms. The number of hydrogen-bond acceptors (Lipinski definition) is 7.